The Labute approximate surface area is 163 Å². The largest absolute Gasteiger partial charge is 0.326 e. The number of hydrogen-bond acceptors (Lipinski definition) is 5. The van der Waals surface area contributed by atoms with E-state index in [-0.39, 0.29) is 33.5 Å². The minimum absolute atomic E-state index is 0.0650. The van der Waals surface area contributed by atoms with Crippen LogP contribution in [-0.4, -0.2) is 31.8 Å². The molecule has 0 aliphatic carbocycles. The monoisotopic (exact) mass is 425 g/mol. The van der Waals surface area contributed by atoms with Crippen LogP contribution in [0.1, 0.15) is 25.0 Å². The number of benzene rings is 2. The number of carbonyl (C=O) groups is 1. The lowest BCUT2D eigenvalue weighted by Crippen LogP contribution is -2.18. The summed E-state index contributed by atoms with van der Waals surface area (Å²) < 4.78 is 65.1. The van der Waals surface area contributed by atoms with Gasteiger partial charge in [-0.25, -0.2) is 0 Å². The fraction of sp³-hybridized carbons (Fsp3) is 0.167. The molecule has 0 fully saturated rings. The molecule has 0 saturated heterocycles. The third-order valence-electron chi connectivity index (χ3n) is 3.72. The number of rotatable bonds is 6. The minimum atomic E-state index is -4.63. The van der Waals surface area contributed by atoms with Crippen LogP contribution in [0.4, 0.5) is 5.69 Å². The van der Waals surface area contributed by atoms with Crippen molar-refractivity contribution in [3.8, 4) is 0 Å². The molecule has 2 rings (SSSR count). The predicted molar refractivity (Wildman–Crippen MR) is 105 cm³/mol. The molecular formula is C18H19NO7S2. The molecule has 0 saturated carbocycles. The Bertz CT molecular complexity index is 1130. The van der Waals surface area contributed by atoms with E-state index in [0.29, 0.717) is 0 Å². The van der Waals surface area contributed by atoms with E-state index >= 15 is 0 Å². The number of amides is 1. The first kappa shape index (κ1) is 21.8. The minimum Gasteiger partial charge on any atom is -0.326 e. The van der Waals surface area contributed by atoms with Crippen LogP contribution >= 0.6 is 0 Å². The fourth-order valence-electron chi connectivity index (χ4n) is 2.29. The Balaban J connectivity index is 2.50. The summed E-state index contributed by atoms with van der Waals surface area (Å²) in [5.74, 6) is -0.655. The summed E-state index contributed by atoms with van der Waals surface area (Å²) in [6, 6.07) is 9.49. The molecule has 0 spiro atoms. The zero-order chi connectivity index (χ0) is 21.1. The molecule has 3 N–H and O–H groups in total. The standard InChI is InChI=1S/C18H19NO7S2/c1-12(2)18(20)19-15-10-9-14(17(11-15)28(24,25)26)8-7-13-5-3-4-6-16(13)27(21,22)23/h3-12H,1-2H3,(H,19,20)(H,21,22,23)(H,24,25,26)/b8-7+. The maximum absolute atomic E-state index is 11.8. The van der Waals surface area contributed by atoms with E-state index in [2.05, 4.69) is 5.32 Å². The van der Waals surface area contributed by atoms with Gasteiger partial charge in [-0.3, -0.25) is 13.9 Å². The molecule has 10 heteroatoms. The first-order valence-corrected chi connectivity index (χ1v) is 10.9. The normalized spacial score (nSPS) is 12.5. The van der Waals surface area contributed by atoms with Crippen LogP contribution in [0, 0.1) is 5.92 Å². The molecule has 2 aromatic rings. The van der Waals surface area contributed by atoms with Crippen LogP contribution < -0.4 is 5.32 Å². The lowest BCUT2D eigenvalue weighted by atomic mass is 10.1. The summed E-state index contributed by atoms with van der Waals surface area (Å²) in [4.78, 5) is 11.0. The summed E-state index contributed by atoms with van der Waals surface area (Å²) in [5.41, 5.74) is 0.375. The van der Waals surface area contributed by atoms with Crippen molar-refractivity contribution in [3.05, 3.63) is 53.6 Å². The van der Waals surface area contributed by atoms with Crippen LogP contribution in [-0.2, 0) is 25.0 Å². The summed E-state index contributed by atoms with van der Waals surface area (Å²) in [5, 5.41) is 2.53. The molecule has 1 amide bonds. The van der Waals surface area contributed by atoms with Gasteiger partial charge in [0.1, 0.15) is 9.79 Å². The van der Waals surface area contributed by atoms with Crippen molar-refractivity contribution in [2.45, 2.75) is 23.6 Å². The van der Waals surface area contributed by atoms with Gasteiger partial charge in [-0.05, 0) is 29.3 Å². The van der Waals surface area contributed by atoms with Crippen LogP contribution in [0.5, 0.6) is 0 Å². The van der Waals surface area contributed by atoms with Crippen LogP contribution in [0.15, 0.2) is 52.3 Å². The topological polar surface area (TPSA) is 138 Å². The molecule has 0 bridgehead atoms. The van der Waals surface area contributed by atoms with Gasteiger partial charge in [0, 0.05) is 11.6 Å². The molecule has 0 aliphatic rings. The lowest BCUT2D eigenvalue weighted by Gasteiger charge is -2.10. The predicted octanol–water partition coefficient (Wildman–Crippen LogP) is 2.94. The second-order valence-corrected chi connectivity index (χ2v) is 9.00. The quantitative estimate of drug-likeness (QED) is 0.478. The zero-order valence-corrected chi connectivity index (χ0v) is 16.7. The molecular weight excluding hydrogens is 406 g/mol. The van der Waals surface area contributed by atoms with Gasteiger partial charge < -0.3 is 5.32 Å². The van der Waals surface area contributed by atoms with Gasteiger partial charge in [-0.2, -0.15) is 16.8 Å². The Kier molecular flexibility index (Phi) is 6.40. The van der Waals surface area contributed by atoms with Crippen molar-refractivity contribution in [3.63, 3.8) is 0 Å². The third-order valence-corrected chi connectivity index (χ3v) is 5.56. The van der Waals surface area contributed by atoms with Gasteiger partial charge >= 0.3 is 0 Å². The summed E-state index contributed by atoms with van der Waals surface area (Å²) in [6.45, 7) is 3.34. The molecule has 0 aromatic heterocycles. The van der Waals surface area contributed by atoms with Crippen LogP contribution in [0.2, 0.25) is 0 Å². The summed E-state index contributed by atoms with van der Waals surface area (Å²) in [6.07, 6.45) is 2.57. The molecule has 8 nitrogen and oxygen atoms in total. The Morgan fingerprint density at radius 1 is 0.893 bits per heavy atom. The maximum atomic E-state index is 11.8. The Hall–Kier alpha value is -2.53. The number of hydrogen-bond donors (Lipinski definition) is 3. The average Bonchev–Trinajstić information content (AvgIpc) is 2.59. The molecule has 0 atom stereocenters. The van der Waals surface area contributed by atoms with E-state index in [1.807, 2.05) is 0 Å². The fourth-order valence-corrected chi connectivity index (χ4v) is 3.69. The van der Waals surface area contributed by atoms with Gasteiger partial charge in [0.15, 0.2) is 0 Å². The second-order valence-electron chi connectivity index (χ2n) is 6.22. The number of anilines is 1. The van der Waals surface area contributed by atoms with Crippen molar-refractivity contribution in [2.75, 3.05) is 5.32 Å². The highest BCUT2D eigenvalue weighted by atomic mass is 32.2. The molecule has 0 aliphatic heterocycles. The summed E-state index contributed by atoms with van der Waals surface area (Å²) >= 11 is 0. The average molecular weight is 425 g/mol. The van der Waals surface area contributed by atoms with Gasteiger partial charge in [0.2, 0.25) is 5.91 Å². The van der Waals surface area contributed by atoms with Crippen molar-refractivity contribution < 1.29 is 30.7 Å². The molecule has 0 radical (unpaired) electrons. The molecule has 2 aromatic carbocycles. The SMILES string of the molecule is CC(C)C(=O)Nc1ccc(/C=C/c2ccccc2S(=O)(=O)O)c(S(=O)(=O)O)c1. The van der Waals surface area contributed by atoms with Crippen LogP contribution in [0.25, 0.3) is 12.2 Å². The zero-order valence-electron chi connectivity index (χ0n) is 15.0. The number of nitrogens with one attached hydrogen (secondary N) is 1. The molecule has 150 valence electrons. The van der Waals surface area contributed by atoms with Crippen LogP contribution in [0.3, 0.4) is 0 Å². The second kappa shape index (κ2) is 8.23. The van der Waals surface area contributed by atoms with E-state index in [4.69, 9.17) is 0 Å². The van der Waals surface area contributed by atoms with E-state index in [1.54, 1.807) is 19.9 Å². The first-order chi connectivity index (χ1) is 12.9. The smallest absolute Gasteiger partial charge is 0.295 e. The van der Waals surface area contributed by atoms with Crippen molar-refractivity contribution in [1.29, 1.82) is 0 Å². The highest BCUT2D eigenvalue weighted by Gasteiger charge is 2.17. The summed E-state index contributed by atoms with van der Waals surface area (Å²) in [7, 11) is -9.10. The van der Waals surface area contributed by atoms with E-state index in [9.17, 15) is 30.7 Å². The maximum Gasteiger partial charge on any atom is 0.295 e. The van der Waals surface area contributed by atoms with Gasteiger partial charge in [-0.15, -0.1) is 0 Å². The molecule has 0 unspecified atom stereocenters. The molecule has 28 heavy (non-hydrogen) atoms. The number of carbonyl (C=O) groups excluding carboxylic acids is 1. The lowest BCUT2D eigenvalue weighted by molar-refractivity contribution is -0.118. The van der Waals surface area contributed by atoms with Crippen molar-refractivity contribution in [2.24, 2.45) is 5.92 Å². The van der Waals surface area contributed by atoms with E-state index in [1.165, 1.54) is 42.5 Å². The van der Waals surface area contributed by atoms with Gasteiger partial charge in [0.05, 0.1) is 0 Å². The highest BCUT2D eigenvalue weighted by molar-refractivity contribution is 7.86. The Morgan fingerprint density at radius 2 is 1.43 bits per heavy atom. The Morgan fingerprint density at radius 3 is 1.96 bits per heavy atom. The van der Waals surface area contributed by atoms with Gasteiger partial charge in [-0.1, -0.05) is 50.3 Å². The molecule has 0 heterocycles. The highest BCUT2D eigenvalue weighted by Crippen LogP contribution is 2.24. The van der Waals surface area contributed by atoms with Gasteiger partial charge in [0.25, 0.3) is 20.2 Å². The van der Waals surface area contributed by atoms with Crippen molar-refractivity contribution in [1.82, 2.24) is 0 Å². The van der Waals surface area contributed by atoms with E-state index < -0.39 is 25.1 Å². The van der Waals surface area contributed by atoms with Crippen molar-refractivity contribution >= 4 is 44.0 Å². The third kappa shape index (κ3) is 5.49. The van der Waals surface area contributed by atoms with E-state index in [0.717, 1.165) is 6.07 Å². The first-order valence-electron chi connectivity index (χ1n) is 8.06.